The number of hydrazine groups is 1. The van der Waals surface area contributed by atoms with Gasteiger partial charge in [0.1, 0.15) is 5.82 Å². The van der Waals surface area contributed by atoms with Gasteiger partial charge in [-0.05, 0) is 17.5 Å². The molecule has 0 saturated heterocycles. The van der Waals surface area contributed by atoms with Crippen molar-refractivity contribution in [2.24, 2.45) is 5.84 Å². The highest BCUT2D eigenvalue weighted by Crippen LogP contribution is 2.27. The van der Waals surface area contributed by atoms with Crippen LogP contribution < -0.4 is 11.3 Å². The molecular formula is C16H14FN3. The Morgan fingerprint density at radius 3 is 2.55 bits per heavy atom. The van der Waals surface area contributed by atoms with Crippen LogP contribution in [0.25, 0.3) is 10.8 Å². The first-order chi connectivity index (χ1) is 9.81. The van der Waals surface area contributed by atoms with Crippen molar-refractivity contribution in [2.45, 2.75) is 6.04 Å². The molecule has 3 aromatic rings. The van der Waals surface area contributed by atoms with Crippen LogP contribution in [0.4, 0.5) is 4.39 Å². The SMILES string of the molecule is NNC(c1ccccc1F)c1nccc2ccccc12. The summed E-state index contributed by atoms with van der Waals surface area (Å²) in [6.07, 6.45) is 1.71. The molecule has 0 saturated carbocycles. The predicted molar refractivity (Wildman–Crippen MR) is 77.3 cm³/mol. The van der Waals surface area contributed by atoms with Gasteiger partial charge in [-0.3, -0.25) is 10.8 Å². The second-order valence-corrected chi connectivity index (χ2v) is 4.54. The Kier molecular flexibility index (Phi) is 3.41. The monoisotopic (exact) mass is 267 g/mol. The maximum absolute atomic E-state index is 14.0. The van der Waals surface area contributed by atoms with Crippen molar-refractivity contribution in [3.8, 4) is 0 Å². The normalized spacial score (nSPS) is 12.5. The van der Waals surface area contributed by atoms with E-state index in [4.69, 9.17) is 5.84 Å². The van der Waals surface area contributed by atoms with Gasteiger partial charge >= 0.3 is 0 Å². The van der Waals surface area contributed by atoms with Gasteiger partial charge in [0.25, 0.3) is 0 Å². The van der Waals surface area contributed by atoms with E-state index in [9.17, 15) is 4.39 Å². The lowest BCUT2D eigenvalue weighted by Crippen LogP contribution is -2.30. The number of fused-ring (bicyclic) bond motifs is 1. The molecule has 1 unspecified atom stereocenters. The van der Waals surface area contributed by atoms with Crippen LogP contribution in [0.15, 0.2) is 60.8 Å². The largest absolute Gasteiger partial charge is 0.271 e. The smallest absolute Gasteiger partial charge is 0.128 e. The van der Waals surface area contributed by atoms with Gasteiger partial charge in [0, 0.05) is 17.1 Å². The number of benzene rings is 2. The average Bonchev–Trinajstić information content (AvgIpc) is 2.50. The molecule has 20 heavy (non-hydrogen) atoms. The zero-order valence-corrected chi connectivity index (χ0v) is 10.8. The second-order valence-electron chi connectivity index (χ2n) is 4.54. The molecule has 0 radical (unpaired) electrons. The Balaban J connectivity index is 2.20. The number of aromatic nitrogens is 1. The van der Waals surface area contributed by atoms with Crippen LogP contribution in [0.2, 0.25) is 0 Å². The zero-order valence-electron chi connectivity index (χ0n) is 10.8. The maximum Gasteiger partial charge on any atom is 0.128 e. The first-order valence-electron chi connectivity index (χ1n) is 6.35. The third kappa shape index (κ3) is 2.15. The number of rotatable bonds is 3. The highest BCUT2D eigenvalue weighted by Gasteiger charge is 2.19. The predicted octanol–water partition coefficient (Wildman–Crippen LogP) is 2.93. The van der Waals surface area contributed by atoms with Crippen LogP contribution >= 0.6 is 0 Å². The molecule has 3 N–H and O–H groups in total. The lowest BCUT2D eigenvalue weighted by Gasteiger charge is -2.18. The van der Waals surface area contributed by atoms with Gasteiger partial charge < -0.3 is 0 Å². The number of hydrogen-bond acceptors (Lipinski definition) is 3. The molecule has 3 nitrogen and oxygen atoms in total. The summed E-state index contributed by atoms with van der Waals surface area (Å²) in [5, 5.41) is 2.01. The first kappa shape index (κ1) is 12.7. The molecule has 2 aromatic carbocycles. The highest BCUT2D eigenvalue weighted by atomic mass is 19.1. The van der Waals surface area contributed by atoms with Crippen LogP contribution in [0.1, 0.15) is 17.3 Å². The topological polar surface area (TPSA) is 50.9 Å². The summed E-state index contributed by atoms with van der Waals surface area (Å²) in [4.78, 5) is 4.39. The molecule has 0 aliphatic rings. The van der Waals surface area contributed by atoms with E-state index in [0.717, 1.165) is 16.5 Å². The van der Waals surface area contributed by atoms with Crippen molar-refractivity contribution in [1.82, 2.24) is 10.4 Å². The van der Waals surface area contributed by atoms with E-state index in [-0.39, 0.29) is 5.82 Å². The van der Waals surface area contributed by atoms with E-state index in [1.165, 1.54) is 6.07 Å². The number of hydrogen-bond donors (Lipinski definition) is 2. The molecule has 0 spiro atoms. The fraction of sp³-hybridized carbons (Fsp3) is 0.0625. The van der Waals surface area contributed by atoms with Crippen LogP contribution in [-0.2, 0) is 0 Å². The van der Waals surface area contributed by atoms with Gasteiger partial charge in [0.05, 0.1) is 11.7 Å². The summed E-state index contributed by atoms with van der Waals surface area (Å²) >= 11 is 0. The molecule has 4 heteroatoms. The number of pyridine rings is 1. The van der Waals surface area contributed by atoms with E-state index in [1.54, 1.807) is 24.4 Å². The Morgan fingerprint density at radius 2 is 1.75 bits per heavy atom. The minimum Gasteiger partial charge on any atom is -0.271 e. The maximum atomic E-state index is 14.0. The fourth-order valence-electron chi connectivity index (χ4n) is 2.40. The molecule has 1 atom stereocenters. The van der Waals surface area contributed by atoms with Crippen LogP contribution in [0.3, 0.4) is 0 Å². The number of nitrogens with two attached hydrogens (primary N) is 1. The van der Waals surface area contributed by atoms with Gasteiger partial charge in [-0.2, -0.15) is 0 Å². The van der Waals surface area contributed by atoms with E-state index in [1.807, 2.05) is 30.3 Å². The first-order valence-corrected chi connectivity index (χ1v) is 6.35. The quantitative estimate of drug-likeness (QED) is 0.566. The van der Waals surface area contributed by atoms with Crippen molar-refractivity contribution < 1.29 is 4.39 Å². The van der Waals surface area contributed by atoms with Gasteiger partial charge in [-0.25, -0.2) is 9.82 Å². The standard InChI is InChI=1S/C16H14FN3/c17-14-8-4-3-7-13(14)16(20-18)15-12-6-2-1-5-11(12)9-10-19-15/h1-10,16,20H,18H2. The molecule has 0 amide bonds. The number of nitrogens with zero attached hydrogens (tertiary/aromatic N) is 1. The van der Waals surface area contributed by atoms with Crippen LogP contribution in [0, 0.1) is 5.82 Å². The molecule has 100 valence electrons. The molecule has 1 heterocycles. The van der Waals surface area contributed by atoms with E-state index in [0.29, 0.717) is 5.56 Å². The average molecular weight is 267 g/mol. The van der Waals surface area contributed by atoms with Crippen LogP contribution in [-0.4, -0.2) is 4.98 Å². The molecule has 0 fully saturated rings. The molecule has 0 aliphatic carbocycles. The van der Waals surface area contributed by atoms with Gasteiger partial charge in [0.2, 0.25) is 0 Å². The lowest BCUT2D eigenvalue weighted by atomic mass is 9.99. The zero-order chi connectivity index (χ0) is 13.9. The molecule has 0 bridgehead atoms. The van der Waals surface area contributed by atoms with Crippen molar-refractivity contribution in [1.29, 1.82) is 0 Å². The van der Waals surface area contributed by atoms with Gasteiger partial charge in [-0.15, -0.1) is 0 Å². The third-order valence-electron chi connectivity index (χ3n) is 3.36. The minimum atomic E-state index is -0.484. The molecular weight excluding hydrogens is 253 g/mol. The summed E-state index contributed by atoms with van der Waals surface area (Å²) in [5.41, 5.74) is 3.87. The van der Waals surface area contributed by atoms with Crippen molar-refractivity contribution in [3.05, 3.63) is 77.9 Å². The van der Waals surface area contributed by atoms with Gasteiger partial charge in [-0.1, -0.05) is 42.5 Å². The number of nitrogens with one attached hydrogen (secondary N) is 1. The summed E-state index contributed by atoms with van der Waals surface area (Å²) in [7, 11) is 0. The summed E-state index contributed by atoms with van der Waals surface area (Å²) < 4.78 is 14.0. The Morgan fingerprint density at radius 1 is 1.00 bits per heavy atom. The van der Waals surface area contributed by atoms with E-state index in [2.05, 4.69) is 10.4 Å². The fourth-order valence-corrected chi connectivity index (χ4v) is 2.40. The molecule has 0 aliphatic heterocycles. The van der Waals surface area contributed by atoms with Gasteiger partial charge in [0.15, 0.2) is 0 Å². The van der Waals surface area contributed by atoms with E-state index < -0.39 is 6.04 Å². The third-order valence-corrected chi connectivity index (χ3v) is 3.36. The van der Waals surface area contributed by atoms with E-state index >= 15 is 0 Å². The Bertz CT molecular complexity index is 737. The summed E-state index contributed by atoms with van der Waals surface area (Å²) in [6.45, 7) is 0. The Labute approximate surface area is 116 Å². The van der Waals surface area contributed by atoms with Crippen molar-refractivity contribution in [3.63, 3.8) is 0 Å². The molecule has 3 rings (SSSR count). The Hall–Kier alpha value is -2.30. The minimum absolute atomic E-state index is 0.301. The van der Waals surface area contributed by atoms with Crippen molar-refractivity contribution in [2.75, 3.05) is 0 Å². The summed E-state index contributed by atoms with van der Waals surface area (Å²) in [5.74, 6) is 5.34. The second kappa shape index (κ2) is 5.36. The summed E-state index contributed by atoms with van der Waals surface area (Å²) in [6, 6.07) is 15.9. The lowest BCUT2D eigenvalue weighted by molar-refractivity contribution is 0.555. The highest BCUT2D eigenvalue weighted by molar-refractivity contribution is 5.85. The van der Waals surface area contributed by atoms with Crippen molar-refractivity contribution >= 4 is 10.8 Å². The molecule has 1 aromatic heterocycles. The van der Waals surface area contributed by atoms with Crippen LogP contribution in [0.5, 0.6) is 0 Å². The number of halogens is 1.